The van der Waals surface area contributed by atoms with Crippen LogP contribution in [-0.4, -0.2) is 16.6 Å². The zero-order valence-corrected chi connectivity index (χ0v) is 11.2. The van der Waals surface area contributed by atoms with Crippen molar-refractivity contribution in [2.24, 2.45) is 17.1 Å². The van der Waals surface area contributed by atoms with Gasteiger partial charge in [-0.1, -0.05) is 26.2 Å². The predicted octanol–water partition coefficient (Wildman–Crippen LogP) is 2.66. The number of rotatable bonds is 4. The van der Waals surface area contributed by atoms with E-state index in [9.17, 15) is 5.11 Å². The molecule has 0 bridgehead atoms. The first-order chi connectivity index (χ1) is 8.72. The molecule has 1 saturated carbocycles. The summed E-state index contributed by atoms with van der Waals surface area (Å²) < 4.78 is 0. The fourth-order valence-electron chi connectivity index (χ4n) is 3.31. The largest absolute Gasteiger partial charge is 0.388 e. The zero-order chi connectivity index (χ0) is 13.0. The molecule has 0 saturated heterocycles. The van der Waals surface area contributed by atoms with Crippen LogP contribution in [0.3, 0.4) is 0 Å². The molecule has 0 spiro atoms. The maximum Gasteiger partial charge on any atom is 0.0859 e. The van der Waals surface area contributed by atoms with Gasteiger partial charge in [0.05, 0.1) is 6.10 Å². The van der Waals surface area contributed by atoms with Crippen LogP contribution in [-0.2, 0) is 0 Å². The van der Waals surface area contributed by atoms with Crippen LogP contribution >= 0.6 is 0 Å². The lowest BCUT2D eigenvalue weighted by Crippen LogP contribution is -2.41. The van der Waals surface area contributed by atoms with Crippen molar-refractivity contribution in [2.75, 3.05) is 6.54 Å². The molecule has 2 rings (SSSR count). The van der Waals surface area contributed by atoms with Crippen molar-refractivity contribution >= 4 is 0 Å². The van der Waals surface area contributed by atoms with E-state index < -0.39 is 6.10 Å². The lowest BCUT2D eigenvalue weighted by atomic mass is 9.64. The topological polar surface area (TPSA) is 59.1 Å². The monoisotopic (exact) mass is 248 g/mol. The van der Waals surface area contributed by atoms with Gasteiger partial charge < -0.3 is 10.8 Å². The Morgan fingerprint density at radius 1 is 1.50 bits per heavy atom. The number of hydrogen-bond donors (Lipinski definition) is 2. The number of pyridine rings is 1. The van der Waals surface area contributed by atoms with Gasteiger partial charge >= 0.3 is 0 Å². The first-order valence-corrected chi connectivity index (χ1v) is 7.00. The summed E-state index contributed by atoms with van der Waals surface area (Å²) in [5.74, 6) is 0.707. The highest BCUT2D eigenvalue weighted by atomic mass is 16.3. The van der Waals surface area contributed by atoms with Gasteiger partial charge in [0.15, 0.2) is 0 Å². The molecule has 0 aromatic carbocycles. The first-order valence-electron chi connectivity index (χ1n) is 7.00. The average Bonchev–Trinajstić information content (AvgIpc) is 2.47. The van der Waals surface area contributed by atoms with Gasteiger partial charge in [-0.25, -0.2) is 0 Å². The van der Waals surface area contributed by atoms with Crippen LogP contribution in [0.4, 0.5) is 0 Å². The van der Waals surface area contributed by atoms with Crippen molar-refractivity contribution in [3.63, 3.8) is 0 Å². The van der Waals surface area contributed by atoms with E-state index in [1.807, 2.05) is 12.1 Å². The van der Waals surface area contributed by atoms with Crippen molar-refractivity contribution < 1.29 is 5.11 Å². The molecule has 1 aromatic rings. The number of nitrogens with zero attached hydrogens (tertiary/aromatic N) is 1. The number of nitrogens with two attached hydrogens (primary N) is 1. The molecule has 3 atom stereocenters. The minimum absolute atomic E-state index is 0.139. The number of aromatic nitrogens is 1. The highest BCUT2D eigenvalue weighted by Gasteiger charge is 2.41. The standard InChI is InChI=1S/C15H24N2O/c1-2-12-4-3-7-15(10-12,11-16)14(18)13-5-8-17-9-6-13/h5-6,8-9,12,14,18H,2-4,7,10-11,16H2,1H3. The third-order valence-electron chi connectivity index (χ3n) is 4.57. The second-order valence-corrected chi connectivity index (χ2v) is 5.62. The minimum atomic E-state index is -0.458. The van der Waals surface area contributed by atoms with Crippen LogP contribution in [0.5, 0.6) is 0 Å². The lowest BCUT2D eigenvalue weighted by molar-refractivity contribution is -0.0162. The van der Waals surface area contributed by atoms with E-state index in [2.05, 4.69) is 11.9 Å². The van der Waals surface area contributed by atoms with Crippen molar-refractivity contribution in [2.45, 2.75) is 45.1 Å². The normalized spacial score (nSPS) is 30.1. The molecule has 1 aliphatic carbocycles. The third kappa shape index (κ3) is 2.57. The van der Waals surface area contributed by atoms with E-state index in [1.54, 1.807) is 12.4 Å². The summed E-state index contributed by atoms with van der Waals surface area (Å²) in [6.07, 6.45) is 8.74. The fraction of sp³-hybridized carbons (Fsp3) is 0.667. The molecular weight excluding hydrogens is 224 g/mol. The van der Waals surface area contributed by atoms with E-state index in [1.165, 1.54) is 19.3 Å². The van der Waals surface area contributed by atoms with Crippen LogP contribution in [0, 0.1) is 11.3 Å². The Hall–Kier alpha value is -0.930. The van der Waals surface area contributed by atoms with Crippen molar-refractivity contribution in [1.29, 1.82) is 0 Å². The van der Waals surface area contributed by atoms with Crippen molar-refractivity contribution in [3.8, 4) is 0 Å². The van der Waals surface area contributed by atoms with Gasteiger partial charge in [-0.15, -0.1) is 0 Å². The molecule has 0 amide bonds. The van der Waals surface area contributed by atoms with Crippen LogP contribution in [0.25, 0.3) is 0 Å². The van der Waals surface area contributed by atoms with Crippen molar-refractivity contribution in [3.05, 3.63) is 30.1 Å². The summed E-state index contributed by atoms with van der Waals surface area (Å²) in [5, 5.41) is 10.7. The Balaban J connectivity index is 2.21. The van der Waals surface area contributed by atoms with Gasteiger partial charge in [0.1, 0.15) is 0 Å². The molecule has 1 fully saturated rings. The summed E-state index contributed by atoms with van der Waals surface area (Å²) in [5.41, 5.74) is 6.83. The maximum atomic E-state index is 10.7. The summed E-state index contributed by atoms with van der Waals surface area (Å²) in [7, 11) is 0. The van der Waals surface area contributed by atoms with Gasteiger partial charge in [-0.3, -0.25) is 4.98 Å². The summed E-state index contributed by atoms with van der Waals surface area (Å²) in [6.45, 7) is 2.79. The molecule has 1 heterocycles. The molecule has 3 unspecified atom stereocenters. The third-order valence-corrected chi connectivity index (χ3v) is 4.57. The van der Waals surface area contributed by atoms with Gasteiger partial charge in [0.25, 0.3) is 0 Å². The highest BCUT2D eigenvalue weighted by molar-refractivity contribution is 5.17. The van der Waals surface area contributed by atoms with Gasteiger partial charge in [-0.05, 0) is 36.5 Å². The van der Waals surface area contributed by atoms with Crippen LogP contribution in [0.2, 0.25) is 0 Å². The first kappa shape index (κ1) is 13.5. The van der Waals surface area contributed by atoms with Crippen LogP contribution in [0.15, 0.2) is 24.5 Å². The van der Waals surface area contributed by atoms with Crippen molar-refractivity contribution in [1.82, 2.24) is 4.98 Å². The van der Waals surface area contributed by atoms with Crippen LogP contribution < -0.4 is 5.73 Å². The second kappa shape index (κ2) is 5.81. The number of hydrogen-bond acceptors (Lipinski definition) is 3. The van der Waals surface area contributed by atoms with E-state index in [-0.39, 0.29) is 5.41 Å². The Morgan fingerprint density at radius 2 is 2.22 bits per heavy atom. The molecule has 3 nitrogen and oxygen atoms in total. The SMILES string of the molecule is CCC1CCCC(CN)(C(O)c2ccncc2)C1. The Bertz CT molecular complexity index is 368. The summed E-state index contributed by atoms with van der Waals surface area (Å²) >= 11 is 0. The van der Waals surface area contributed by atoms with Gasteiger partial charge in [0.2, 0.25) is 0 Å². The molecular formula is C15H24N2O. The number of aliphatic hydroxyl groups is 1. The molecule has 1 aliphatic rings. The Morgan fingerprint density at radius 3 is 2.83 bits per heavy atom. The lowest BCUT2D eigenvalue weighted by Gasteiger charge is -2.43. The molecule has 1 aromatic heterocycles. The summed E-state index contributed by atoms with van der Waals surface area (Å²) in [6, 6.07) is 3.80. The van der Waals surface area contributed by atoms with E-state index in [0.29, 0.717) is 12.5 Å². The maximum absolute atomic E-state index is 10.7. The number of aliphatic hydroxyl groups excluding tert-OH is 1. The molecule has 3 heteroatoms. The Kier molecular flexibility index (Phi) is 4.36. The van der Waals surface area contributed by atoms with E-state index in [4.69, 9.17) is 5.73 Å². The predicted molar refractivity (Wildman–Crippen MR) is 72.9 cm³/mol. The second-order valence-electron chi connectivity index (χ2n) is 5.62. The summed E-state index contributed by atoms with van der Waals surface area (Å²) in [4.78, 5) is 4.01. The fourth-order valence-corrected chi connectivity index (χ4v) is 3.31. The molecule has 18 heavy (non-hydrogen) atoms. The van der Waals surface area contributed by atoms with E-state index in [0.717, 1.165) is 18.4 Å². The molecule has 0 radical (unpaired) electrons. The zero-order valence-electron chi connectivity index (χ0n) is 11.2. The average molecular weight is 248 g/mol. The minimum Gasteiger partial charge on any atom is -0.388 e. The van der Waals surface area contributed by atoms with Gasteiger partial charge in [-0.2, -0.15) is 0 Å². The Labute approximate surface area is 109 Å². The molecule has 100 valence electrons. The smallest absolute Gasteiger partial charge is 0.0859 e. The van der Waals surface area contributed by atoms with Gasteiger partial charge in [0, 0.05) is 24.4 Å². The van der Waals surface area contributed by atoms with Crippen LogP contribution in [0.1, 0.15) is 50.7 Å². The molecule has 3 N–H and O–H groups in total. The molecule has 0 aliphatic heterocycles. The highest BCUT2D eigenvalue weighted by Crippen LogP contribution is 2.47. The quantitative estimate of drug-likeness (QED) is 0.861. The van der Waals surface area contributed by atoms with E-state index >= 15 is 0 Å².